The maximum atomic E-state index is 14.2. The number of nitrogens with two attached hydrogens (primary N) is 1. The normalized spacial score (nSPS) is 12.7. The molecule has 25 heteroatoms. The summed E-state index contributed by atoms with van der Waals surface area (Å²) in [6.07, 6.45) is -1.48. The Hall–Kier alpha value is -7.96. The number of carbonyl (C=O) groups is 6. The van der Waals surface area contributed by atoms with Gasteiger partial charge in [-0.15, -0.1) is 0 Å². The monoisotopic (exact) mass is 1190 g/mol. The van der Waals surface area contributed by atoms with Crippen LogP contribution in [0.2, 0.25) is 5.02 Å². The molecular weight excluding hydrogens is 1110 g/mol. The van der Waals surface area contributed by atoms with Crippen LogP contribution in [0.4, 0.5) is 25.0 Å². The molecule has 0 fully saturated rings. The van der Waals surface area contributed by atoms with Gasteiger partial charge in [0.2, 0.25) is 5.89 Å². The van der Waals surface area contributed by atoms with Crippen LogP contribution in [0.1, 0.15) is 138 Å². The summed E-state index contributed by atoms with van der Waals surface area (Å²) >= 11 is 7.21. The van der Waals surface area contributed by atoms with Gasteiger partial charge < -0.3 is 64.6 Å². The molecule has 0 aliphatic heterocycles. The summed E-state index contributed by atoms with van der Waals surface area (Å²) in [5, 5.41) is 32.0. The predicted octanol–water partition coefficient (Wildman–Crippen LogP) is 10.7. The SMILES string of the molecule is CC(C)(C)OC(=O)NCCCCC(NC(=O)OC(C)(C)C)C(=O)OCC(COc1ccc(-c2c(C#N)c(N)nc(SCc3coc(-c4ccc(Cl)cc4)n3)c2C#N)cc1)OC(=O)C(CCCCNC(=O)OC(C)(C)C)NC(=O)OC(C)(C)C. The number of nitrogen functional groups attached to an aromatic ring is 1. The van der Waals surface area contributed by atoms with Crippen LogP contribution in [0.25, 0.3) is 22.6 Å². The number of amides is 4. The number of pyridine rings is 1. The first-order valence-electron chi connectivity index (χ1n) is 26.8. The van der Waals surface area contributed by atoms with Gasteiger partial charge in [0.25, 0.3) is 0 Å². The number of benzene rings is 2. The molecule has 4 rings (SSSR count). The lowest BCUT2D eigenvalue weighted by atomic mass is 9.97. The topological polar surface area (TPSA) is 328 Å². The number of alkyl carbamates (subject to hydrolysis) is 4. The van der Waals surface area contributed by atoms with Crippen LogP contribution in [0.3, 0.4) is 0 Å². The second kappa shape index (κ2) is 30.9. The van der Waals surface area contributed by atoms with Gasteiger partial charge in [0.15, 0.2) is 6.10 Å². The van der Waals surface area contributed by atoms with Gasteiger partial charge in [0, 0.05) is 35.0 Å². The van der Waals surface area contributed by atoms with Gasteiger partial charge in [0.05, 0.1) is 11.3 Å². The summed E-state index contributed by atoms with van der Waals surface area (Å²) in [7, 11) is 0. The number of unbranched alkanes of at least 4 members (excludes halogenated alkanes) is 2. The molecule has 0 saturated heterocycles. The molecule has 2 aromatic heterocycles. The second-order valence-corrected chi connectivity index (χ2v) is 24.3. The molecule has 23 nitrogen and oxygen atoms in total. The Morgan fingerprint density at radius 2 is 1.12 bits per heavy atom. The van der Waals surface area contributed by atoms with E-state index in [0.717, 1.165) is 0 Å². The van der Waals surface area contributed by atoms with Gasteiger partial charge in [-0.3, -0.25) is 0 Å². The number of nitrogens with one attached hydrogen (secondary N) is 4. The van der Waals surface area contributed by atoms with Gasteiger partial charge in [-0.05, 0) is 164 Å². The molecule has 6 N–H and O–H groups in total. The summed E-state index contributed by atoms with van der Waals surface area (Å²) in [5.74, 6) is -1.16. The highest BCUT2D eigenvalue weighted by atomic mass is 35.5. The zero-order valence-electron chi connectivity index (χ0n) is 49.1. The molecule has 2 aromatic carbocycles. The average Bonchev–Trinajstić information content (AvgIpc) is 4.01. The number of oxazole rings is 1. The van der Waals surface area contributed by atoms with E-state index in [1.165, 1.54) is 30.2 Å². The van der Waals surface area contributed by atoms with Gasteiger partial charge in [-0.25, -0.2) is 38.7 Å². The van der Waals surface area contributed by atoms with Crippen molar-refractivity contribution in [2.24, 2.45) is 0 Å². The maximum Gasteiger partial charge on any atom is 0.408 e. The summed E-state index contributed by atoms with van der Waals surface area (Å²) < 4.78 is 45.0. The van der Waals surface area contributed by atoms with E-state index >= 15 is 0 Å². The first-order valence-corrected chi connectivity index (χ1v) is 28.2. The molecule has 0 bridgehead atoms. The van der Waals surface area contributed by atoms with Crippen molar-refractivity contribution in [3.63, 3.8) is 0 Å². The van der Waals surface area contributed by atoms with Gasteiger partial charge in [0.1, 0.15) is 88.3 Å². The third kappa shape index (κ3) is 25.0. The van der Waals surface area contributed by atoms with Crippen molar-refractivity contribution in [2.75, 3.05) is 32.0 Å². The van der Waals surface area contributed by atoms with Crippen LogP contribution in [-0.2, 0) is 43.8 Å². The largest absolute Gasteiger partial charge is 0.490 e. The first kappa shape index (κ1) is 67.5. The third-order valence-corrected chi connectivity index (χ3v) is 12.1. The Labute approximate surface area is 493 Å². The number of aromatic nitrogens is 2. The minimum Gasteiger partial charge on any atom is -0.490 e. The van der Waals surface area contributed by atoms with Crippen molar-refractivity contribution < 1.29 is 66.3 Å². The molecule has 0 aliphatic rings. The lowest BCUT2D eigenvalue weighted by Gasteiger charge is -2.26. The van der Waals surface area contributed by atoms with E-state index in [0.29, 0.717) is 53.4 Å². The van der Waals surface area contributed by atoms with E-state index in [1.54, 1.807) is 119 Å². The van der Waals surface area contributed by atoms with Gasteiger partial charge in [-0.1, -0.05) is 35.5 Å². The lowest BCUT2D eigenvalue weighted by Crippen LogP contribution is -2.47. The Kier molecular flexibility index (Phi) is 25.2. The van der Waals surface area contributed by atoms with Crippen LogP contribution in [0, 0.1) is 22.7 Å². The number of esters is 2. The maximum absolute atomic E-state index is 14.2. The fraction of sp³-hybridized carbons (Fsp3) is 0.517. The number of anilines is 1. The van der Waals surface area contributed by atoms with Crippen molar-refractivity contribution in [1.82, 2.24) is 31.2 Å². The quantitative estimate of drug-likeness (QED) is 0.0178. The summed E-state index contributed by atoms with van der Waals surface area (Å²) in [4.78, 5) is 87.7. The van der Waals surface area contributed by atoms with Crippen molar-refractivity contribution in [2.45, 2.75) is 173 Å². The van der Waals surface area contributed by atoms with Crippen molar-refractivity contribution >= 4 is 65.5 Å². The lowest BCUT2D eigenvalue weighted by molar-refractivity contribution is -0.163. The van der Waals surface area contributed by atoms with Gasteiger partial charge >= 0.3 is 36.3 Å². The van der Waals surface area contributed by atoms with E-state index in [2.05, 4.69) is 43.4 Å². The predicted molar refractivity (Wildman–Crippen MR) is 309 cm³/mol. The van der Waals surface area contributed by atoms with E-state index in [1.807, 2.05) is 0 Å². The number of thioether (sulfide) groups is 1. The minimum atomic E-state index is -1.36. The van der Waals surface area contributed by atoms with Gasteiger partial charge in [-0.2, -0.15) is 10.5 Å². The molecule has 0 spiro atoms. The van der Waals surface area contributed by atoms with Crippen molar-refractivity contribution in [3.8, 4) is 40.5 Å². The molecule has 83 heavy (non-hydrogen) atoms. The second-order valence-electron chi connectivity index (χ2n) is 22.9. The highest BCUT2D eigenvalue weighted by Gasteiger charge is 2.31. The third-order valence-electron chi connectivity index (χ3n) is 10.8. The highest BCUT2D eigenvalue weighted by molar-refractivity contribution is 7.98. The molecule has 3 unspecified atom stereocenters. The van der Waals surface area contributed by atoms with Crippen molar-refractivity contribution in [3.05, 3.63) is 76.6 Å². The number of hydrogen-bond acceptors (Lipinski definition) is 20. The Balaban J connectivity index is 1.60. The Morgan fingerprint density at radius 3 is 1.61 bits per heavy atom. The smallest absolute Gasteiger partial charge is 0.408 e. The summed E-state index contributed by atoms with van der Waals surface area (Å²) in [5.41, 5.74) is 4.97. The molecule has 3 atom stereocenters. The number of nitriles is 2. The summed E-state index contributed by atoms with van der Waals surface area (Å²) in [6, 6.07) is 14.9. The first-order chi connectivity index (χ1) is 38.8. The van der Waals surface area contributed by atoms with Crippen LogP contribution >= 0.6 is 23.4 Å². The minimum absolute atomic E-state index is 0.0220. The molecule has 0 saturated carbocycles. The Morgan fingerprint density at radius 1 is 0.639 bits per heavy atom. The molecule has 450 valence electrons. The molecule has 0 aliphatic carbocycles. The summed E-state index contributed by atoms with van der Waals surface area (Å²) in [6.45, 7) is 19.6. The standard InChI is InChI=1S/C58H76ClN9O14S/c1-55(2,3)79-51(71)63-27-15-13-17-43(66-53(73)81-57(7,8)9)49(69)77-33-40(78-50(70)44(67-54(74)82-58(10,11)12)18-14-16-28-64-52(72)80-56(4,5)6)32-75-39-25-21-35(22-26-39)45-41(29-60)46(62)68-48(42(45)30-61)83-34-38-31-76-47(65-38)36-19-23-37(59)24-20-36/h19-26,31,40,43-44H,13-18,27-28,32-34H2,1-12H3,(H2,62,68)(H,63,71)(H,64,72)(H,66,73)(H,67,74). The number of hydrogen-bond donors (Lipinski definition) is 5. The van der Waals surface area contributed by atoms with E-state index in [4.69, 9.17) is 54.9 Å². The Bertz CT molecular complexity index is 2930. The average molecular weight is 1190 g/mol. The molecule has 4 amide bonds. The van der Waals surface area contributed by atoms with Crippen LogP contribution in [0.15, 0.2) is 64.2 Å². The van der Waals surface area contributed by atoms with E-state index in [9.17, 15) is 39.3 Å². The number of rotatable bonds is 25. The van der Waals surface area contributed by atoms with Crippen molar-refractivity contribution in [1.29, 1.82) is 10.5 Å². The molecule has 4 aromatic rings. The fourth-order valence-corrected chi connectivity index (χ4v) is 8.33. The number of nitrogens with zero attached hydrogens (tertiary/aromatic N) is 4. The molecule has 2 heterocycles. The number of carbonyl (C=O) groups excluding carboxylic acids is 6. The highest BCUT2D eigenvalue weighted by Crippen LogP contribution is 2.37. The van der Waals surface area contributed by atoms with Crippen LogP contribution in [-0.4, -0.2) is 113 Å². The molecule has 0 radical (unpaired) electrons. The van der Waals surface area contributed by atoms with Crippen LogP contribution in [0.5, 0.6) is 5.75 Å². The number of halogens is 1. The fourth-order valence-electron chi connectivity index (χ4n) is 7.33. The molecular formula is C58H76ClN9O14S. The van der Waals surface area contributed by atoms with Crippen LogP contribution < -0.4 is 31.7 Å². The zero-order chi connectivity index (χ0) is 61.7. The van der Waals surface area contributed by atoms with E-state index in [-0.39, 0.29) is 65.0 Å². The number of ether oxygens (including phenoxy) is 7. The zero-order valence-corrected chi connectivity index (χ0v) is 50.6. The van der Waals surface area contributed by atoms with E-state index < -0.39 is 90.1 Å².